The van der Waals surface area contributed by atoms with Crippen LogP contribution in [0.5, 0.6) is 23.0 Å². The van der Waals surface area contributed by atoms with Gasteiger partial charge in [-0.15, -0.1) is 0 Å². The lowest BCUT2D eigenvalue weighted by molar-refractivity contribution is -0.140. The third-order valence-electron chi connectivity index (χ3n) is 11.7. The Bertz CT molecular complexity index is 2190. The topological polar surface area (TPSA) is 134 Å². The van der Waals surface area contributed by atoms with Crippen LogP contribution in [-0.2, 0) is 31.0 Å². The van der Waals surface area contributed by atoms with Crippen molar-refractivity contribution < 1.29 is 38.9 Å². The van der Waals surface area contributed by atoms with Crippen LogP contribution in [0, 0.1) is 23.7 Å². The number of rotatable bonds is 8. The average molecular weight is 733 g/mol. The second-order valence-electron chi connectivity index (χ2n) is 14.1. The Morgan fingerprint density at radius 1 is 0.830 bits per heavy atom. The largest absolute Gasteiger partial charge is 0.508 e. The number of hydrogen-bond donors (Lipinski definition) is 2. The van der Waals surface area contributed by atoms with Crippen molar-refractivity contribution in [3.05, 3.63) is 124 Å². The maximum atomic E-state index is 15.5. The van der Waals surface area contributed by atoms with E-state index in [0.29, 0.717) is 34.0 Å². The third-order valence-corrected chi connectivity index (χ3v) is 11.9. The monoisotopic (exact) mass is 732 g/mol. The molecule has 53 heavy (non-hydrogen) atoms. The van der Waals surface area contributed by atoms with Crippen LogP contribution in [0.2, 0.25) is 5.02 Å². The molecule has 4 aliphatic rings. The summed E-state index contributed by atoms with van der Waals surface area (Å²) in [6, 6.07) is 25.4. The van der Waals surface area contributed by atoms with Gasteiger partial charge in [-0.05, 0) is 66.6 Å². The molecule has 2 aliphatic heterocycles. The number of ether oxygens (including phenoxy) is 2. The van der Waals surface area contributed by atoms with Crippen molar-refractivity contribution in [3.8, 4) is 23.0 Å². The lowest BCUT2D eigenvalue weighted by Crippen LogP contribution is -2.53. The minimum Gasteiger partial charge on any atom is -0.508 e. The number of halogens is 1. The molecular formula is C42H37ClN2O8. The Labute approximate surface area is 311 Å². The van der Waals surface area contributed by atoms with E-state index in [0.717, 1.165) is 5.56 Å². The number of likely N-dealkylation sites (tertiary alicyclic amines) is 1. The fourth-order valence-corrected chi connectivity index (χ4v) is 9.60. The van der Waals surface area contributed by atoms with E-state index in [9.17, 15) is 24.6 Å². The van der Waals surface area contributed by atoms with Crippen molar-refractivity contribution in [1.82, 2.24) is 4.90 Å². The van der Waals surface area contributed by atoms with Crippen LogP contribution in [0.3, 0.4) is 0 Å². The molecule has 270 valence electrons. The van der Waals surface area contributed by atoms with Gasteiger partial charge < -0.3 is 19.7 Å². The van der Waals surface area contributed by atoms with Crippen LogP contribution in [0.25, 0.3) is 0 Å². The minimum atomic E-state index is -1.58. The normalized spacial score (nSPS) is 26.2. The number of aromatic hydroxyl groups is 2. The Balaban J connectivity index is 1.32. The van der Waals surface area contributed by atoms with Gasteiger partial charge in [0.05, 0.1) is 43.1 Å². The molecule has 6 atom stereocenters. The second-order valence-corrected chi connectivity index (χ2v) is 14.5. The Morgan fingerprint density at radius 2 is 1.58 bits per heavy atom. The van der Waals surface area contributed by atoms with Crippen LogP contribution in [0.4, 0.5) is 5.69 Å². The number of nitrogens with zero attached hydrogens (tertiary/aromatic N) is 2. The van der Waals surface area contributed by atoms with Crippen molar-refractivity contribution in [2.45, 2.75) is 30.6 Å². The maximum absolute atomic E-state index is 15.5. The van der Waals surface area contributed by atoms with Crippen molar-refractivity contribution in [3.63, 3.8) is 0 Å². The number of carbonyl (C=O) groups excluding carboxylic acids is 4. The zero-order valence-corrected chi connectivity index (χ0v) is 29.8. The Hall–Kier alpha value is -5.61. The van der Waals surface area contributed by atoms with Crippen molar-refractivity contribution in [2.75, 3.05) is 25.7 Å². The molecule has 2 saturated heterocycles. The zero-order chi connectivity index (χ0) is 37.2. The number of carbonyl (C=O) groups is 4. The van der Waals surface area contributed by atoms with E-state index in [1.54, 1.807) is 54.6 Å². The van der Waals surface area contributed by atoms with Gasteiger partial charge >= 0.3 is 0 Å². The maximum Gasteiger partial charge on any atom is 0.246 e. The molecule has 4 aromatic rings. The highest BCUT2D eigenvalue weighted by Crippen LogP contribution is 2.66. The molecule has 0 aromatic heterocycles. The lowest BCUT2D eigenvalue weighted by Gasteiger charge is -2.51. The molecule has 0 bridgehead atoms. The Morgan fingerprint density at radius 3 is 2.28 bits per heavy atom. The van der Waals surface area contributed by atoms with E-state index in [4.69, 9.17) is 21.1 Å². The summed E-state index contributed by atoms with van der Waals surface area (Å²) in [6.45, 7) is 0.158. The van der Waals surface area contributed by atoms with E-state index in [1.165, 1.54) is 30.1 Å². The first-order valence-corrected chi connectivity index (χ1v) is 17.9. The molecule has 3 fully saturated rings. The molecule has 11 heteroatoms. The first-order valence-electron chi connectivity index (χ1n) is 17.6. The van der Waals surface area contributed by atoms with Crippen LogP contribution in [0.15, 0.2) is 103 Å². The van der Waals surface area contributed by atoms with Crippen LogP contribution >= 0.6 is 11.6 Å². The molecule has 10 nitrogen and oxygen atoms in total. The quantitative estimate of drug-likeness (QED) is 0.162. The SMILES string of the molecule is COc1cc(O)c(C2C3=CCC4C(=O)N(CCc5ccc(O)cc5)C(=O)C4C3CC3C(=O)N(c4cccc(Cl)c4)C(=O)C32c2ccccc2)c(OC)c1. The molecule has 1 saturated carbocycles. The van der Waals surface area contributed by atoms with Crippen LogP contribution in [-0.4, -0.2) is 59.5 Å². The smallest absolute Gasteiger partial charge is 0.246 e. The summed E-state index contributed by atoms with van der Waals surface area (Å²) in [4.78, 5) is 61.4. The molecule has 4 amide bonds. The highest BCUT2D eigenvalue weighted by molar-refractivity contribution is 6.32. The van der Waals surface area contributed by atoms with Crippen molar-refractivity contribution in [1.29, 1.82) is 0 Å². The number of anilines is 1. The van der Waals surface area contributed by atoms with Crippen molar-refractivity contribution >= 4 is 40.9 Å². The molecule has 6 unspecified atom stereocenters. The Kier molecular flexibility index (Phi) is 8.53. The predicted molar refractivity (Wildman–Crippen MR) is 196 cm³/mol. The van der Waals surface area contributed by atoms with Gasteiger partial charge in [0.15, 0.2) is 0 Å². The second kappa shape index (κ2) is 13.1. The molecule has 2 aliphatic carbocycles. The van der Waals surface area contributed by atoms with Crippen molar-refractivity contribution in [2.24, 2.45) is 23.7 Å². The number of phenolic OH excluding ortho intramolecular Hbond substituents is 2. The number of allylic oxidation sites excluding steroid dienone is 2. The standard InChI is InChI=1S/C42H37ClN2O8/c1-52-28-20-33(47)36(34(21-28)53-2)37-29-15-16-30-35(40(50)44(38(30)48)18-17-23-11-13-27(46)14-12-23)31(29)22-32-39(49)45(26-10-6-9-25(43)19-26)41(51)42(32,37)24-7-4-3-5-8-24/h3-15,19-21,30-32,35,37,46-47H,16-18,22H2,1-2H3. The van der Waals surface area contributed by atoms with Crippen LogP contribution in [0.1, 0.15) is 35.4 Å². The summed E-state index contributed by atoms with van der Waals surface area (Å²) in [7, 11) is 2.93. The molecule has 2 N–H and O–H groups in total. The third kappa shape index (κ3) is 5.22. The van der Waals surface area contributed by atoms with Gasteiger partial charge in [-0.3, -0.25) is 24.1 Å². The number of fused-ring (bicyclic) bond motifs is 4. The molecule has 0 radical (unpaired) electrons. The van der Waals surface area contributed by atoms with Gasteiger partial charge in [0.25, 0.3) is 0 Å². The molecule has 2 heterocycles. The van der Waals surface area contributed by atoms with Gasteiger partial charge in [-0.2, -0.15) is 0 Å². The summed E-state index contributed by atoms with van der Waals surface area (Å²) in [5, 5.41) is 22.0. The van der Waals surface area contributed by atoms with Gasteiger partial charge in [0.2, 0.25) is 23.6 Å². The minimum absolute atomic E-state index is 0.115. The highest BCUT2D eigenvalue weighted by atomic mass is 35.5. The molecule has 8 rings (SSSR count). The predicted octanol–water partition coefficient (Wildman–Crippen LogP) is 6.17. The zero-order valence-electron chi connectivity index (χ0n) is 29.1. The van der Waals surface area contributed by atoms with E-state index < -0.39 is 46.8 Å². The first kappa shape index (κ1) is 34.5. The van der Waals surface area contributed by atoms with E-state index in [1.807, 2.05) is 36.4 Å². The summed E-state index contributed by atoms with van der Waals surface area (Å²) in [6.07, 6.45) is 2.70. The van der Waals surface area contributed by atoms with Gasteiger partial charge in [0.1, 0.15) is 23.0 Å². The number of hydrogen-bond acceptors (Lipinski definition) is 8. The summed E-state index contributed by atoms with van der Waals surface area (Å²) in [5.74, 6) is -5.08. The molecule has 4 aromatic carbocycles. The van der Waals surface area contributed by atoms with E-state index >= 15 is 4.79 Å². The summed E-state index contributed by atoms with van der Waals surface area (Å²) >= 11 is 6.41. The number of amides is 4. The average Bonchev–Trinajstić information content (AvgIpc) is 3.55. The lowest BCUT2D eigenvalue weighted by atomic mass is 9.49. The number of imide groups is 2. The fourth-order valence-electron chi connectivity index (χ4n) is 9.41. The molecular weight excluding hydrogens is 696 g/mol. The fraction of sp³-hybridized carbons (Fsp3) is 0.286. The van der Waals surface area contributed by atoms with Gasteiger partial charge in [0, 0.05) is 35.2 Å². The summed E-state index contributed by atoms with van der Waals surface area (Å²) in [5.41, 5.74) is 1.14. The van der Waals surface area contributed by atoms with Gasteiger partial charge in [-0.25, -0.2) is 4.90 Å². The van der Waals surface area contributed by atoms with Gasteiger partial charge in [-0.1, -0.05) is 71.8 Å². The number of benzene rings is 4. The summed E-state index contributed by atoms with van der Waals surface area (Å²) < 4.78 is 11.4. The first-order chi connectivity index (χ1) is 25.6. The molecule has 0 spiro atoms. The number of phenols is 2. The van der Waals surface area contributed by atoms with E-state index in [2.05, 4.69) is 0 Å². The van der Waals surface area contributed by atoms with E-state index in [-0.39, 0.29) is 54.0 Å². The highest BCUT2D eigenvalue weighted by Gasteiger charge is 2.70. The number of methoxy groups -OCH3 is 2. The van der Waals surface area contributed by atoms with Crippen LogP contribution < -0.4 is 14.4 Å².